The number of ether oxygens (including phenoxy) is 1. The zero-order chi connectivity index (χ0) is 14.5. The third-order valence-corrected chi connectivity index (χ3v) is 5.02. The highest BCUT2D eigenvalue weighted by Gasteiger charge is 2.10. The minimum Gasteiger partial charge on any atom is -0.462 e. The lowest BCUT2D eigenvalue weighted by atomic mass is 10.2. The molecular weight excluding hydrogens is 334 g/mol. The number of hydrogen-bond donors (Lipinski definition) is 1. The second-order valence-electron chi connectivity index (χ2n) is 3.96. The second kappa shape index (κ2) is 6.91. The molecule has 0 spiro atoms. The Morgan fingerprint density at radius 2 is 2.11 bits per heavy atom. The number of carbonyl (C=O) groups is 1. The number of rotatable bonds is 6. The number of halogens is 1. The molecule has 0 aliphatic rings. The molecule has 19 heavy (non-hydrogen) atoms. The van der Waals surface area contributed by atoms with E-state index in [1.807, 2.05) is 0 Å². The lowest BCUT2D eigenvalue weighted by Crippen LogP contribution is -2.13. The third-order valence-electron chi connectivity index (χ3n) is 2.50. The highest BCUT2D eigenvalue weighted by molar-refractivity contribution is 9.10. The fourth-order valence-electron chi connectivity index (χ4n) is 1.34. The van der Waals surface area contributed by atoms with Crippen LogP contribution in [0, 0.1) is 0 Å². The number of benzene rings is 1. The van der Waals surface area contributed by atoms with Gasteiger partial charge in [0.05, 0.1) is 17.9 Å². The number of nitrogens with two attached hydrogens (primary N) is 1. The van der Waals surface area contributed by atoms with Gasteiger partial charge in [-0.2, -0.15) is 0 Å². The van der Waals surface area contributed by atoms with Crippen molar-refractivity contribution in [1.82, 2.24) is 0 Å². The largest absolute Gasteiger partial charge is 0.462 e. The minimum atomic E-state index is -3.01. The van der Waals surface area contributed by atoms with Crippen molar-refractivity contribution in [3.63, 3.8) is 0 Å². The Kier molecular flexibility index (Phi) is 5.81. The lowest BCUT2D eigenvalue weighted by Gasteiger charge is -2.06. The summed E-state index contributed by atoms with van der Waals surface area (Å²) in [5.74, 6) is -0.378. The van der Waals surface area contributed by atoms with Gasteiger partial charge in [0, 0.05) is 15.9 Å². The van der Waals surface area contributed by atoms with Gasteiger partial charge in [0.15, 0.2) is 0 Å². The van der Waals surface area contributed by atoms with Crippen molar-refractivity contribution in [2.75, 3.05) is 23.8 Å². The van der Waals surface area contributed by atoms with Gasteiger partial charge in [-0.1, -0.05) is 6.92 Å². The Morgan fingerprint density at radius 1 is 1.42 bits per heavy atom. The van der Waals surface area contributed by atoms with Crippen molar-refractivity contribution in [2.24, 2.45) is 0 Å². The van der Waals surface area contributed by atoms with Crippen LogP contribution in [-0.4, -0.2) is 32.5 Å². The molecule has 0 fully saturated rings. The molecule has 0 radical (unpaired) electrons. The van der Waals surface area contributed by atoms with Crippen molar-refractivity contribution in [1.29, 1.82) is 0 Å². The summed E-state index contributed by atoms with van der Waals surface area (Å²) in [6.07, 6.45) is 0.300. The maximum atomic E-state index is 11.7. The minimum absolute atomic E-state index is 0.0270. The molecule has 0 aliphatic carbocycles. The summed E-state index contributed by atoms with van der Waals surface area (Å²) in [6, 6.07) is 4.76. The van der Waals surface area contributed by atoms with E-state index in [1.165, 1.54) is 6.07 Å². The predicted molar refractivity (Wildman–Crippen MR) is 77.8 cm³/mol. The predicted octanol–water partition coefficient (Wildman–Crippen LogP) is 2.01. The summed E-state index contributed by atoms with van der Waals surface area (Å²) in [4.78, 5) is 11.7. The lowest BCUT2D eigenvalue weighted by molar-refractivity contribution is 0.0505. The molecule has 0 aliphatic heterocycles. The molecule has 1 aromatic carbocycles. The van der Waals surface area contributed by atoms with E-state index in [0.717, 1.165) is 0 Å². The van der Waals surface area contributed by atoms with Gasteiger partial charge < -0.3 is 10.5 Å². The number of esters is 1. The summed E-state index contributed by atoms with van der Waals surface area (Å²) in [6.45, 7) is 1.67. The third kappa shape index (κ3) is 5.20. The molecular formula is C12H16BrNO4S. The molecule has 7 heteroatoms. The van der Waals surface area contributed by atoms with E-state index in [9.17, 15) is 13.2 Å². The van der Waals surface area contributed by atoms with Crippen molar-refractivity contribution in [3.8, 4) is 0 Å². The fourth-order valence-corrected chi connectivity index (χ4v) is 2.44. The fraction of sp³-hybridized carbons (Fsp3) is 0.417. The first-order valence-electron chi connectivity index (χ1n) is 5.78. The molecule has 106 valence electrons. The van der Waals surface area contributed by atoms with Crippen LogP contribution in [0.2, 0.25) is 0 Å². The Morgan fingerprint density at radius 3 is 2.68 bits per heavy atom. The first-order valence-corrected chi connectivity index (χ1v) is 8.39. The number of hydrogen-bond acceptors (Lipinski definition) is 5. The molecule has 1 rings (SSSR count). The first-order chi connectivity index (χ1) is 8.85. The number of anilines is 1. The Hall–Kier alpha value is -1.08. The monoisotopic (exact) mass is 349 g/mol. The highest BCUT2D eigenvalue weighted by Crippen LogP contribution is 2.20. The van der Waals surface area contributed by atoms with Gasteiger partial charge in [0.2, 0.25) is 0 Å². The average Bonchev–Trinajstić information content (AvgIpc) is 2.37. The van der Waals surface area contributed by atoms with Crippen molar-refractivity contribution < 1.29 is 17.9 Å². The quantitative estimate of drug-likeness (QED) is 0.482. The van der Waals surface area contributed by atoms with E-state index in [2.05, 4.69) is 15.9 Å². The average molecular weight is 350 g/mol. The van der Waals surface area contributed by atoms with E-state index in [4.69, 9.17) is 10.5 Å². The molecule has 0 aromatic heterocycles. The number of sulfone groups is 1. The molecule has 0 saturated carbocycles. The normalized spacial score (nSPS) is 11.3. The van der Waals surface area contributed by atoms with Crippen LogP contribution in [0.5, 0.6) is 0 Å². The topological polar surface area (TPSA) is 86.5 Å². The van der Waals surface area contributed by atoms with E-state index < -0.39 is 15.8 Å². The van der Waals surface area contributed by atoms with Gasteiger partial charge in [-0.3, -0.25) is 0 Å². The van der Waals surface area contributed by atoms with E-state index in [0.29, 0.717) is 22.1 Å². The highest BCUT2D eigenvalue weighted by atomic mass is 79.9. The summed E-state index contributed by atoms with van der Waals surface area (Å²) in [5.41, 5.74) is 6.45. The molecule has 0 heterocycles. The molecule has 0 unspecified atom stereocenters. The van der Waals surface area contributed by atoms with Crippen LogP contribution in [-0.2, 0) is 14.6 Å². The van der Waals surface area contributed by atoms with Gasteiger partial charge in [-0.15, -0.1) is 0 Å². The van der Waals surface area contributed by atoms with Gasteiger partial charge in [0.1, 0.15) is 9.84 Å². The smallest absolute Gasteiger partial charge is 0.338 e. The van der Waals surface area contributed by atoms with Crippen LogP contribution in [0.4, 0.5) is 5.69 Å². The SMILES string of the molecule is CCS(=O)(=O)CCCOC(=O)c1ccc(Br)c(N)c1. The van der Waals surface area contributed by atoms with Gasteiger partial charge in [0.25, 0.3) is 0 Å². The molecule has 5 nitrogen and oxygen atoms in total. The van der Waals surface area contributed by atoms with E-state index in [-0.39, 0.29) is 18.1 Å². The van der Waals surface area contributed by atoms with Crippen molar-refractivity contribution in [2.45, 2.75) is 13.3 Å². The summed E-state index contributed by atoms with van der Waals surface area (Å²) >= 11 is 3.23. The van der Waals surface area contributed by atoms with E-state index >= 15 is 0 Å². The number of nitrogen functional groups attached to an aromatic ring is 1. The van der Waals surface area contributed by atoms with E-state index in [1.54, 1.807) is 19.1 Å². The maximum absolute atomic E-state index is 11.7. The van der Waals surface area contributed by atoms with Crippen molar-refractivity contribution in [3.05, 3.63) is 28.2 Å². The first kappa shape index (κ1) is 16.0. The molecule has 0 bridgehead atoms. The van der Waals surface area contributed by atoms with Gasteiger partial charge >= 0.3 is 5.97 Å². The van der Waals surface area contributed by atoms with Gasteiger partial charge in [-0.05, 0) is 40.5 Å². The summed E-state index contributed by atoms with van der Waals surface area (Å²) in [7, 11) is -3.01. The molecule has 0 atom stereocenters. The Balaban J connectivity index is 2.46. The van der Waals surface area contributed by atoms with Crippen LogP contribution in [0.3, 0.4) is 0 Å². The van der Waals surface area contributed by atoms with Crippen LogP contribution in [0.25, 0.3) is 0 Å². The maximum Gasteiger partial charge on any atom is 0.338 e. The second-order valence-corrected chi connectivity index (χ2v) is 7.29. The summed E-state index contributed by atoms with van der Waals surface area (Å²) in [5, 5.41) is 0. The van der Waals surface area contributed by atoms with Crippen LogP contribution in [0.1, 0.15) is 23.7 Å². The molecule has 1 aromatic rings. The van der Waals surface area contributed by atoms with Crippen LogP contribution in [0.15, 0.2) is 22.7 Å². The standard InChI is InChI=1S/C12H16BrNO4S/c1-2-19(16,17)7-3-6-18-12(15)9-4-5-10(13)11(14)8-9/h4-5,8H,2-3,6-7,14H2,1H3. The van der Waals surface area contributed by atoms with Crippen LogP contribution < -0.4 is 5.73 Å². The Labute approximate surface area is 121 Å². The zero-order valence-electron chi connectivity index (χ0n) is 10.6. The van der Waals surface area contributed by atoms with Crippen LogP contribution >= 0.6 is 15.9 Å². The molecule has 0 amide bonds. The molecule has 0 saturated heterocycles. The Bertz CT molecular complexity index is 557. The summed E-state index contributed by atoms with van der Waals surface area (Å²) < 4.78 is 28.2. The van der Waals surface area contributed by atoms with Crippen molar-refractivity contribution >= 4 is 37.4 Å². The van der Waals surface area contributed by atoms with Gasteiger partial charge in [-0.25, -0.2) is 13.2 Å². The molecule has 2 N–H and O–H groups in total. The zero-order valence-corrected chi connectivity index (χ0v) is 13.0. The number of carbonyl (C=O) groups excluding carboxylic acids is 1.